The fraction of sp³-hybridized carbons (Fsp3) is 0.560. The first kappa shape index (κ1) is 48.7. The molecule has 15 nitrogen and oxygen atoms in total. The van der Waals surface area contributed by atoms with Crippen LogP contribution in [-0.2, 0) is 48.7 Å². The normalized spacial score (nSPS) is 19.3. The Hall–Kier alpha value is -5.18. The number of carbonyl (C=O) groups is 4. The van der Waals surface area contributed by atoms with Crippen LogP contribution in [-0.4, -0.2) is 117 Å². The maximum Gasteiger partial charge on any atom is 0.298 e. The maximum atomic E-state index is 14.7. The number of pyridine rings is 1. The molecule has 3 aromatic heterocycles. The molecule has 66 heavy (non-hydrogen) atoms. The molecule has 4 amide bonds. The lowest BCUT2D eigenvalue weighted by Gasteiger charge is -2.37. The molecule has 3 N–H and O–H groups in total. The van der Waals surface area contributed by atoms with Crippen LogP contribution in [0.15, 0.2) is 41.9 Å². The van der Waals surface area contributed by atoms with E-state index < -0.39 is 23.4 Å². The second kappa shape index (κ2) is 21.2. The second-order valence-corrected chi connectivity index (χ2v) is 20.1. The molecule has 7 rings (SSSR count). The lowest BCUT2D eigenvalue weighted by Crippen LogP contribution is -2.61. The van der Waals surface area contributed by atoms with Crippen LogP contribution in [0.25, 0.3) is 33.4 Å². The van der Waals surface area contributed by atoms with Crippen molar-refractivity contribution >= 4 is 45.9 Å². The van der Waals surface area contributed by atoms with Gasteiger partial charge in [0.15, 0.2) is 0 Å². The van der Waals surface area contributed by atoms with Crippen LogP contribution in [0.1, 0.15) is 105 Å². The highest BCUT2D eigenvalue weighted by atomic mass is 32.1. The molecule has 4 aromatic rings. The van der Waals surface area contributed by atoms with E-state index in [9.17, 15) is 24.4 Å². The van der Waals surface area contributed by atoms with Gasteiger partial charge in [-0.15, -0.1) is 11.3 Å². The van der Waals surface area contributed by atoms with Gasteiger partial charge in [-0.1, -0.05) is 38.7 Å². The van der Waals surface area contributed by atoms with Gasteiger partial charge in [-0.2, -0.15) is 0 Å². The van der Waals surface area contributed by atoms with Gasteiger partial charge in [0.2, 0.25) is 11.8 Å². The predicted octanol–water partition coefficient (Wildman–Crippen LogP) is 7.05. The number of aromatic nitrogens is 3. The summed E-state index contributed by atoms with van der Waals surface area (Å²) in [7, 11) is 5.41. The van der Waals surface area contributed by atoms with Gasteiger partial charge in [-0.25, -0.2) is 15.3 Å². The number of benzene rings is 1. The van der Waals surface area contributed by atoms with Crippen molar-refractivity contribution in [1.29, 1.82) is 0 Å². The summed E-state index contributed by atoms with van der Waals surface area (Å²) in [6, 6.07) is 8.67. The Morgan fingerprint density at radius 2 is 1.89 bits per heavy atom. The molecule has 0 radical (unpaired) electrons. The summed E-state index contributed by atoms with van der Waals surface area (Å²) < 4.78 is 7.94. The summed E-state index contributed by atoms with van der Waals surface area (Å²) in [5, 5.41) is 18.0. The van der Waals surface area contributed by atoms with Crippen molar-refractivity contribution in [2.75, 3.05) is 40.4 Å². The average molecular weight is 927 g/mol. The number of hydrazine groups is 1. The predicted molar refractivity (Wildman–Crippen MR) is 259 cm³/mol. The number of carbonyl (C=O) groups excluding carboxylic acids is 4. The van der Waals surface area contributed by atoms with E-state index in [2.05, 4.69) is 72.3 Å². The molecule has 3 aliphatic rings. The zero-order valence-electron chi connectivity index (χ0n) is 39.7. The molecule has 5 atom stereocenters. The zero-order valence-corrected chi connectivity index (χ0v) is 40.5. The molecule has 1 aromatic carbocycles. The molecule has 358 valence electrons. The minimum Gasteiger partial charge on any atom is -0.375 e. The summed E-state index contributed by atoms with van der Waals surface area (Å²) in [5.74, 6) is 3.64. The van der Waals surface area contributed by atoms with Gasteiger partial charge >= 0.3 is 0 Å². The molecule has 3 fully saturated rings. The smallest absolute Gasteiger partial charge is 0.298 e. The van der Waals surface area contributed by atoms with Crippen LogP contribution in [0.2, 0.25) is 0 Å². The number of methoxy groups -OCH3 is 1. The van der Waals surface area contributed by atoms with Gasteiger partial charge in [-0.05, 0) is 106 Å². The van der Waals surface area contributed by atoms with Crippen molar-refractivity contribution in [2.45, 2.75) is 117 Å². The molecule has 0 unspecified atom stereocenters. The van der Waals surface area contributed by atoms with E-state index in [1.807, 2.05) is 25.3 Å². The van der Waals surface area contributed by atoms with Crippen LogP contribution in [0.4, 0.5) is 0 Å². The van der Waals surface area contributed by atoms with Crippen molar-refractivity contribution in [2.24, 2.45) is 24.3 Å². The topological polar surface area (TPSA) is 171 Å². The number of nitrogens with zero attached hydrogens (tertiary/aromatic N) is 6. The largest absolute Gasteiger partial charge is 0.375 e. The van der Waals surface area contributed by atoms with Crippen LogP contribution >= 0.6 is 11.3 Å². The Bertz CT molecular complexity index is 2480. The molecule has 5 heterocycles. The highest BCUT2D eigenvalue weighted by molar-refractivity contribution is 7.10. The van der Waals surface area contributed by atoms with E-state index in [4.69, 9.17) is 19.6 Å². The third kappa shape index (κ3) is 10.7. The van der Waals surface area contributed by atoms with E-state index in [1.165, 1.54) is 11.3 Å². The van der Waals surface area contributed by atoms with Gasteiger partial charge in [0.05, 0.1) is 40.7 Å². The third-order valence-corrected chi connectivity index (χ3v) is 14.6. The van der Waals surface area contributed by atoms with Crippen LogP contribution < -0.4 is 10.7 Å². The highest BCUT2D eigenvalue weighted by Gasteiger charge is 2.42. The number of hydrogen-bond acceptors (Lipinski definition) is 11. The number of ether oxygens (including phenoxy) is 1. The summed E-state index contributed by atoms with van der Waals surface area (Å²) in [6.07, 6.45) is 8.06. The first-order chi connectivity index (χ1) is 31.6. The fourth-order valence-electron chi connectivity index (χ4n) is 10.2. The Morgan fingerprint density at radius 1 is 1.12 bits per heavy atom. The fourth-order valence-corrected chi connectivity index (χ4v) is 11.0. The lowest BCUT2D eigenvalue weighted by atomic mass is 9.84. The van der Waals surface area contributed by atoms with E-state index in [0.717, 1.165) is 83.2 Å². The second-order valence-electron chi connectivity index (χ2n) is 19.2. The molecule has 2 aliphatic heterocycles. The van der Waals surface area contributed by atoms with Crippen LogP contribution in [0, 0.1) is 29.1 Å². The first-order valence-corrected chi connectivity index (χ1v) is 24.2. The summed E-state index contributed by atoms with van der Waals surface area (Å²) in [4.78, 5) is 73.6. The SMILES string of the molecule is CC#CC(=O)N1CC[C@H](C(=O)N(C)[C@H](C(=O)N[C@@H](Cc2nc(-c3ccc4c(c3)c(CC(C)(C)COO)c(-c3cccnc3[C@H](C)OC)n4C)cs2)C(=O)N2CCC[C@@H](C)N2)C2CCCC2)C1.[HH].[HH]. The Labute approximate surface area is 395 Å². The lowest BCUT2D eigenvalue weighted by molar-refractivity contribution is -0.259. The first-order valence-electron chi connectivity index (χ1n) is 23.3. The highest BCUT2D eigenvalue weighted by Crippen LogP contribution is 2.41. The van der Waals surface area contributed by atoms with Gasteiger partial charge in [0, 0.05) is 89.8 Å². The molecule has 1 saturated carbocycles. The zero-order chi connectivity index (χ0) is 47.3. The standard InChI is InChI=1S/C50H66N8O7S.2H2/c1-9-14-43(59)57-24-21-35(28-57)48(61)56(7)45(33-16-10-11-17-33)47(60)53-39(49(62)58-23-13-15-31(2)54-58)26-42-52-40(29-66-42)34-19-20-41-37(25-34)38(27-50(4,5)30-65-63)46(55(41)6)36-18-12-22-51-44(36)32(3)64-8;;/h12,18-20,22,25,29,31-33,35,39,45,54,63H,10-11,13,15-17,21,23-24,26-28,30H2,1-8H3,(H,53,60);2*1H/t31-,32+,35+,39+,45+;;/m1../s1. The number of nitrogens with one attached hydrogen (secondary N) is 2. The minimum absolute atomic E-state index is 0. The van der Waals surface area contributed by atoms with Gasteiger partial charge < -0.3 is 24.4 Å². The van der Waals surface area contributed by atoms with Gasteiger partial charge in [-0.3, -0.25) is 34.4 Å². The van der Waals surface area contributed by atoms with Crippen LogP contribution in [0.3, 0.4) is 0 Å². The Kier molecular flexibility index (Phi) is 15.7. The van der Waals surface area contributed by atoms with Crippen molar-refractivity contribution in [1.82, 2.24) is 40.1 Å². The molecule has 16 heteroatoms. The van der Waals surface area contributed by atoms with Crippen molar-refractivity contribution in [3.05, 3.63) is 58.2 Å². The summed E-state index contributed by atoms with van der Waals surface area (Å²) >= 11 is 1.44. The number of fused-ring (bicyclic) bond motifs is 1. The molecule has 0 spiro atoms. The molecule has 1 aliphatic carbocycles. The molecular weight excluding hydrogens is 857 g/mol. The molecule has 2 saturated heterocycles. The number of thiazole rings is 1. The summed E-state index contributed by atoms with van der Waals surface area (Å²) in [6.45, 7) is 11.1. The average Bonchev–Trinajstić information content (AvgIpc) is 4.14. The van der Waals surface area contributed by atoms with Crippen molar-refractivity contribution < 1.29 is 36.9 Å². The number of aryl methyl sites for hydroxylation is 1. The monoisotopic (exact) mass is 927 g/mol. The van der Waals surface area contributed by atoms with E-state index in [-0.39, 0.29) is 64.1 Å². The maximum absolute atomic E-state index is 14.7. The third-order valence-electron chi connectivity index (χ3n) is 13.7. The number of likely N-dealkylation sites (tertiary alicyclic amines) is 1. The molecular formula is C50H70N8O7S. The van der Waals surface area contributed by atoms with E-state index in [0.29, 0.717) is 30.9 Å². The number of likely N-dealkylation sites (N-methyl/N-ethyl adjacent to an activating group) is 1. The summed E-state index contributed by atoms with van der Waals surface area (Å²) in [5.41, 5.74) is 9.40. The van der Waals surface area contributed by atoms with Crippen molar-refractivity contribution in [3.63, 3.8) is 0 Å². The minimum atomic E-state index is -0.946. The van der Waals surface area contributed by atoms with E-state index >= 15 is 0 Å². The Morgan fingerprint density at radius 3 is 2.61 bits per heavy atom. The van der Waals surface area contributed by atoms with Crippen molar-refractivity contribution in [3.8, 4) is 34.4 Å². The number of rotatable bonds is 16. The molecule has 0 bridgehead atoms. The van der Waals surface area contributed by atoms with Gasteiger partial charge in [0.25, 0.3) is 11.8 Å². The number of hydrogen-bond donors (Lipinski definition) is 3. The number of amides is 4. The van der Waals surface area contributed by atoms with E-state index in [1.54, 1.807) is 42.1 Å². The van der Waals surface area contributed by atoms with Gasteiger partial charge in [0.1, 0.15) is 12.1 Å². The Balaban J connectivity index is 0.00000432. The quantitative estimate of drug-likeness (QED) is 0.0601. The van der Waals surface area contributed by atoms with Crippen LogP contribution in [0.5, 0.6) is 0 Å².